The summed E-state index contributed by atoms with van der Waals surface area (Å²) in [6.45, 7) is 0. The summed E-state index contributed by atoms with van der Waals surface area (Å²) in [4.78, 5) is 0. The van der Waals surface area contributed by atoms with E-state index < -0.39 is 5.92 Å². The number of hydrogen-bond acceptors (Lipinski definition) is 7. The number of benzene rings is 2. The lowest BCUT2D eigenvalue weighted by Gasteiger charge is -2.25. The zero-order valence-electron chi connectivity index (χ0n) is 17.3. The van der Waals surface area contributed by atoms with Crippen LogP contribution < -0.4 is 24.7 Å². The van der Waals surface area contributed by atoms with E-state index in [4.69, 9.17) is 47.9 Å². The fourth-order valence-corrected chi connectivity index (χ4v) is 4.38. The maximum atomic E-state index is 9.89. The summed E-state index contributed by atoms with van der Waals surface area (Å²) in [5, 5.41) is 17.9. The molecule has 1 atom stereocenters. The van der Waals surface area contributed by atoms with Crippen molar-refractivity contribution in [2.24, 2.45) is 5.73 Å². The molecule has 2 aromatic carbocycles. The molecular weight excluding hydrogens is 455 g/mol. The number of aromatic amines is 1. The average molecular weight is 473 g/mol. The van der Waals surface area contributed by atoms with Crippen molar-refractivity contribution in [1.29, 1.82) is 5.26 Å². The van der Waals surface area contributed by atoms with Gasteiger partial charge in [0.15, 0.2) is 11.5 Å². The molecule has 1 aliphatic rings. The molecule has 0 fully saturated rings. The molecule has 32 heavy (non-hydrogen) atoms. The highest BCUT2D eigenvalue weighted by atomic mass is 35.5. The minimum absolute atomic E-state index is 0.0658. The first-order valence-electron chi connectivity index (χ1n) is 9.35. The van der Waals surface area contributed by atoms with E-state index in [0.29, 0.717) is 49.7 Å². The van der Waals surface area contributed by atoms with Crippen molar-refractivity contribution >= 4 is 23.2 Å². The Kier molecular flexibility index (Phi) is 5.78. The number of allylic oxidation sites excluding steroid dienone is 1. The van der Waals surface area contributed by atoms with Crippen molar-refractivity contribution in [2.45, 2.75) is 5.92 Å². The summed E-state index contributed by atoms with van der Waals surface area (Å²) in [7, 11) is 4.57. The molecule has 0 saturated heterocycles. The van der Waals surface area contributed by atoms with Crippen molar-refractivity contribution in [1.82, 2.24) is 10.2 Å². The Morgan fingerprint density at radius 2 is 1.69 bits per heavy atom. The third-order valence-electron chi connectivity index (χ3n) is 5.18. The Bertz CT molecular complexity index is 1230. The number of H-pyrrole nitrogens is 1. The zero-order valence-corrected chi connectivity index (χ0v) is 18.8. The van der Waals surface area contributed by atoms with Crippen LogP contribution in [-0.4, -0.2) is 31.5 Å². The van der Waals surface area contributed by atoms with Crippen molar-refractivity contribution < 1.29 is 18.9 Å². The third kappa shape index (κ3) is 3.36. The molecule has 10 heteroatoms. The molecule has 0 saturated carbocycles. The second-order valence-electron chi connectivity index (χ2n) is 6.79. The number of halogens is 2. The Labute approximate surface area is 194 Å². The fraction of sp³-hybridized carbons (Fsp3) is 0.182. The van der Waals surface area contributed by atoms with Crippen molar-refractivity contribution in [3.05, 3.63) is 63.0 Å². The largest absolute Gasteiger partial charge is 0.493 e. The number of ether oxygens (including phenoxy) is 4. The lowest BCUT2D eigenvalue weighted by Crippen LogP contribution is -2.21. The van der Waals surface area contributed by atoms with Gasteiger partial charge in [-0.15, -0.1) is 5.10 Å². The van der Waals surface area contributed by atoms with Gasteiger partial charge in [0.05, 0.1) is 38.5 Å². The van der Waals surface area contributed by atoms with Gasteiger partial charge in [-0.05, 0) is 24.3 Å². The van der Waals surface area contributed by atoms with Gasteiger partial charge in [-0.2, -0.15) is 5.26 Å². The van der Waals surface area contributed by atoms with Gasteiger partial charge < -0.3 is 24.7 Å². The van der Waals surface area contributed by atoms with Crippen LogP contribution in [0.4, 0.5) is 0 Å². The molecule has 1 aliphatic heterocycles. The molecule has 0 spiro atoms. The Balaban J connectivity index is 2.01. The summed E-state index contributed by atoms with van der Waals surface area (Å²) in [5.74, 6) is 0.776. The first-order valence-corrected chi connectivity index (χ1v) is 10.1. The number of nitrogens with zero attached hydrogens (tertiary/aromatic N) is 2. The highest BCUT2D eigenvalue weighted by Crippen LogP contribution is 2.50. The molecule has 164 valence electrons. The number of nitrogens with one attached hydrogen (secondary N) is 1. The first kappa shape index (κ1) is 21.7. The fourth-order valence-electron chi connectivity index (χ4n) is 3.77. The molecule has 3 aromatic rings. The van der Waals surface area contributed by atoms with Crippen LogP contribution in [0, 0.1) is 11.3 Å². The minimum atomic E-state index is -0.710. The van der Waals surface area contributed by atoms with E-state index >= 15 is 0 Å². The van der Waals surface area contributed by atoms with Gasteiger partial charge in [0.2, 0.25) is 17.5 Å². The van der Waals surface area contributed by atoms with Gasteiger partial charge in [0, 0.05) is 21.2 Å². The van der Waals surface area contributed by atoms with Crippen LogP contribution in [0.2, 0.25) is 10.0 Å². The maximum absolute atomic E-state index is 9.89. The van der Waals surface area contributed by atoms with Crippen LogP contribution in [0.25, 0.3) is 11.3 Å². The van der Waals surface area contributed by atoms with E-state index in [1.807, 2.05) is 0 Å². The predicted molar refractivity (Wildman–Crippen MR) is 119 cm³/mol. The summed E-state index contributed by atoms with van der Waals surface area (Å²) < 4.78 is 22.0. The third-order valence-corrected chi connectivity index (χ3v) is 5.84. The van der Waals surface area contributed by atoms with Crippen molar-refractivity contribution in [3.8, 4) is 40.5 Å². The predicted octanol–water partition coefficient (Wildman–Crippen LogP) is 4.63. The Hall–Kier alpha value is -3.54. The molecule has 0 bridgehead atoms. The highest BCUT2D eigenvalue weighted by molar-refractivity contribution is 6.36. The summed E-state index contributed by atoms with van der Waals surface area (Å²) in [5.41, 5.74) is 8.51. The first-order chi connectivity index (χ1) is 15.4. The van der Waals surface area contributed by atoms with Gasteiger partial charge in [-0.25, -0.2) is 0 Å². The Morgan fingerprint density at radius 3 is 2.22 bits per heavy atom. The number of rotatable bonds is 5. The lowest BCUT2D eigenvalue weighted by atomic mass is 9.83. The molecule has 4 rings (SSSR count). The van der Waals surface area contributed by atoms with Gasteiger partial charge >= 0.3 is 0 Å². The number of fused-ring (bicyclic) bond motifs is 1. The monoisotopic (exact) mass is 472 g/mol. The quantitative estimate of drug-likeness (QED) is 0.555. The molecule has 0 amide bonds. The summed E-state index contributed by atoms with van der Waals surface area (Å²) in [6, 6.07) is 10.8. The van der Waals surface area contributed by atoms with Gasteiger partial charge in [-0.3, -0.25) is 5.10 Å². The highest BCUT2D eigenvalue weighted by Gasteiger charge is 2.38. The van der Waals surface area contributed by atoms with Gasteiger partial charge in [-0.1, -0.05) is 29.3 Å². The van der Waals surface area contributed by atoms with E-state index in [1.165, 1.54) is 21.3 Å². The number of nitriles is 1. The number of hydrogen-bond donors (Lipinski definition) is 2. The van der Waals surface area contributed by atoms with E-state index in [1.54, 1.807) is 30.3 Å². The smallest absolute Gasteiger partial charge is 0.244 e. The molecular formula is C22H18Cl2N4O4. The molecule has 1 aromatic heterocycles. The summed E-state index contributed by atoms with van der Waals surface area (Å²) >= 11 is 13.0. The maximum Gasteiger partial charge on any atom is 0.244 e. The summed E-state index contributed by atoms with van der Waals surface area (Å²) in [6.07, 6.45) is 0. The standard InChI is InChI=1S/C22H18Cl2N4O4/c1-29-14-7-10(8-15(30-2)20(14)31-3)19-18-16(17-12(23)5-4-6-13(17)24)11(9-25)21(26)32-22(18)28-27-19/h4-8,16H,26H2,1-3H3,(H,27,28)/t16-/m0/s1. The second-order valence-corrected chi connectivity index (χ2v) is 7.61. The number of aromatic nitrogens is 2. The van der Waals surface area contributed by atoms with Crippen LogP contribution in [0.3, 0.4) is 0 Å². The molecule has 2 heterocycles. The van der Waals surface area contributed by atoms with Crippen LogP contribution >= 0.6 is 23.2 Å². The van der Waals surface area contributed by atoms with E-state index in [0.717, 1.165) is 0 Å². The second kappa shape index (κ2) is 8.54. The number of nitrogens with two attached hydrogens (primary N) is 1. The van der Waals surface area contributed by atoms with E-state index in [9.17, 15) is 5.26 Å². The van der Waals surface area contributed by atoms with E-state index in [2.05, 4.69) is 16.3 Å². The molecule has 0 radical (unpaired) electrons. The Morgan fingerprint density at radius 1 is 1.06 bits per heavy atom. The molecule has 8 nitrogen and oxygen atoms in total. The van der Waals surface area contributed by atoms with Crippen LogP contribution in [0.5, 0.6) is 23.1 Å². The van der Waals surface area contributed by atoms with Crippen LogP contribution in [-0.2, 0) is 0 Å². The van der Waals surface area contributed by atoms with Crippen LogP contribution in [0.15, 0.2) is 41.8 Å². The SMILES string of the molecule is COc1cc(-c2[nH]nc3c2[C@H](c2c(Cl)cccc2Cl)C(C#N)=C(N)O3)cc(OC)c1OC. The van der Waals surface area contributed by atoms with Gasteiger partial charge in [0.25, 0.3) is 0 Å². The van der Waals surface area contributed by atoms with Crippen molar-refractivity contribution in [2.75, 3.05) is 21.3 Å². The molecule has 0 unspecified atom stereocenters. The van der Waals surface area contributed by atoms with Crippen LogP contribution in [0.1, 0.15) is 17.0 Å². The van der Waals surface area contributed by atoms with E-state index in [-0.39, 0.29) is 17.3 Å². The van der Waals surface area contributed by atoms with Crippen molar-refractivity contribution in [3.63, 3.8) is 0 Å². The molecule has 0 aliphatic carbocycles. The molecule has 3 N–H and O–H groups in total. The average Bonchev–Trinajstić information content (AvgIpc) is 3.21. The minimum Gasteiger partial charge on any atom is -0.493 e. The number of methoxy groups -OCH3 is 3. The normalized spacial score (nSPS) is 14.9. The lowest BCUT2D eigenvalue weighted by molar-refractivity contribution is 0.324. The van der Waals surface area contributed by atoms with Gasteiger partial charge in [0.1, 0.15) is 11.6 Å². The zero-order chi connectivity index (χ0) is 23.0. The topological polar surface area (TPSA) is 115 Å².